The minimum atomic E-state index is -4.25. The van der Waals surface area contributed by atoms with E-state index in [0.29, 0.717) is 0 Å². The molecule has 0 bridgehead atoms. The Morgan fingerprint density at radius 2 is 1.91 bits per heavy atom. The fraction of sp³-hybridized carbons (Fsp3) is 1.00. The van der Waals surface area contributed by atoms with Gasteiger partial charge in [0.2, 0.25) is 0 Å². The van der Waals surface area contributed by atoms with Crippen molar-refractivity contribution < 1.29 is 22.6 Å². The van der Waals surface area contributed by atoms with Crippen LogP contribution in [0.2, 0.25) is 0 Å². The van der Waals surface area contributed by atoms with E-state index in [1.807, 2.05) is 0 Å². The molecule has 0 aromatic rings. The van der Waals surface area contributed by atoms with E-state index in [-0.39, 0.29) is 6.61 Å². The summed E-state index contributed by atoms with van der Waals surface area (Å²) in [6.45, 7) is 0.489. The number of halogens is 3. The van der Waals surface area contributed by atoms with Crippen molar-refractivity contribution in [1.82, 2.24) is 0 Å². The molecule has 68 valence electrons. The number of rotatable bonds is 4. The summed E-state index contributed by atoms with van der Waals surface area (Å²) >= 11 is 0. The number of alkyl halides is 3. The van der Waals surface area contributed by atoms with Crippen LogP contribution in [-0.2, 0) is 9.47 Å². The van der Waals surface area contributed by atoms with Crippen molar-refractivity contribution in [3.05, 3.63) is 0 Å². The highest BCUT2D eigenvalue weighted by molar-refractivity contribution is 4.51. The second-order valence-electron chi connectivity index (χ2n) is 2.19. The summed E-state index contributed by atoms with van der Waals surface area (Å²) < 4.78 is 43.4. The van der Waals surface area contributed by atoms with Crippen molar-refractivity contribution in [2.75, 3.05) is 20.3 Å². The van der Waals surface area contributed by atoms with Crippen molar-refractivity contribution in [3.8, 4) is 0 Å². The molecule has 2 nitrogen and oxygen atoms in total. The van der Waals surface area contributed by atoms with Crippen molar-refractivity contribution in [1.29, 1.82) is 0 Å². The zero-order chi connectivity index (χ0) is 8.91. The van der Waals surface area contributed by atoms with E-state index in [2.05, 4.69) is 9.47 Å². The predicted octanol–water partition coefficient (Wildman–Crippen LogP) is 1.60. The monoisotopic (exact) mass is 172 g/mol. The lowest BCUT2D eigenvalue weighted by molar-refractivity contribution is -0.187. The number of hydrogen-bond donors (Lipinski definition) is 0. The van der Waals surface area contributed by atoms with Crippen LogP contribution in [0.25, 0.3) is 0 Å². The Balaban J connectivity index is 3.38. The molecule has 0 aliphatic heterocycles. The number of methoxy groups -OCH3 is 1. The second kappa shape index (κ2) is 4.56. The molecule has 0 heterocycles. The van der Waals surface area contributed by atoms with Gasteiger partial charge in [0.05, 0.1) is 12.7 Å². The first kappa shape index (κ1) is 10.7. The summed E-state index contributed by atoms with van der Waals surface area (Å²) in [5.74, 6) is 0. The van der Waals surface area contributed by atoms with Crippen LogP contribution < -0.4 is 0 Å². The molecule has 0 saturated carbocycles. The lowest BCUT2D eigenvalue weighted by atomic mass is 10.4. The highest BCUT2D eigenvalue weighted by Crippen LogP contribution is 2.15. The summed E-state index contributed by atoms with van der Waals surface area (Å²) in [6.07, 6.45) is -4.76. The van der Waals surface area contributed by atoms with Gasteiger partial charge in [-0.05, 0) is 6.92 Å². The van der Waals surface area contributed by atoms with Crippen molar-refractivity contribution in [2.45, 2.75) is 19.2 Å². The maximum absolute atomic E-state index is 11.5. The van der Waals surface area contributed by atoms with E-state index in [0.717, 1.165) is 0 Å². The zero-order valence-electron chi connectivity index (χ0n) is 6.44. The van der Waals surface area contributed by atoms with Gasteiger partial charge in [-0.1, -0.05) is 0 Å². The molecule has 0 fully saturated rings. The summed E-state index contributed by atoms with van der Waals surface area (Å²) in [6, 6.07) is 0. The molecule has 0 amide bonds. The summed E-state index contributed by atoms with van der Waals surface area (Å²) in [7, 11) is 1.41. The topological polar surface area (TPSA) is 18.5 Å². The summed E-state index contributed by atoms with van der Waals surface area (Å²) in [4.78, 5) is 0. The normalized spacial score (nSPS) is 15.0. The molecule has 0 radical (unpaired) electrons. The van der Waals surface area contributed by atoms with Gasteiger partial charge in [-0.2, -0.15) is 13.2 Å². The fourth-order valence-electron chi connectivity index (χ4n) is 0.520. The standard InChI is InChI=1S/C6H11F3O2/c1-5(3-10-2)11-4-6(7,8)9/h5H,3-4H2,1-2H3. The van der Waals surface area contributed by atoms with Crippen LogP contribution in [0.3, 0.4) is 0 Å². The Morgan fingerprint density at radius 3 is 2.27 bits per heavy atom. The Morgan fingerprint density at radius 1 is 1.36 bits per heavy atom. The van der Waals surface area contributed by atoms with E-state index in [9.17, 15) is 13.2 Å². The van der Waals surface area contributed by atoms with Gasteiger partial charge in [0, 0.05) is 7.11 Å². The first-order valence-electron chi connectivity index (χ1n) is 3.13. The SMILES string of the molecule is COCC(C)OCC(F)(F)F. The predicted molar refractivity (Wildman–Crippen MR) is 33.3 cm³/mol. The van der Waals surface area contributed by atoms with E-state index < -0.39 is 18.9 Å². The maximum Gasteiger partial charge on any atom is 0.411 e. The molecule has 1 atom stereocenters. The minimum Gasteiger partial charge on any atom is -0.382 e. The molecule has 0 aromatic heterocycles. The molecule has 0 aliphatic rings. The lowest BCUT2D eigenvalue weighted by Gasteiger charge is -2.13. The molecule has 11 heavy (non-hydrogen) atoms. The van der Waals surface area contributed by atoms with Crippen LogP contribution in [0, 0.1) is 0 Å². The van der Waals surface area contributed by atoms with Crippen LogP contribution in [0.4, 0.5) is 13.2 Å². The van der Waals surface area contributed by atoms with Crippen LogP contribution in [0.1, 0.15) is 6.92 Å². The Labute approximate surface area is 63.3 Å². The van der Waals surface area contributed by atoms with E-state index >= 15 is 0 Å². The van der Waals surface area contributed by atoms with Gasteiger partial charge in [0.25, 0.3) is 0 Å². The molecule has 0 spiro atoms. The van der Waals surface area contributed by atoms with Gasteiger partial charge in [0.15, 0.2) is 0 Å². The quantitative estimate of drug-likeness (QED) is 0.641. The minimum absolute atomic E-state index is 0.177. The van der Waals surface area contributed by atoms with Gasteiger partial charge in [0.1, 0.15) is 6.61 Å². The highest BCUT2D eigenvalue weighted by atomic mass is 19.4. The highest BCUT2D eigenvalue weighted by Gasteiger charge is 2.28. The third-order valence-electron chi connectivity index (χ3n) is 0.933. The van der Waals surface area contributed by atoms with E-state index in [1.54, 1.807) is 0 Å². The molecular formula is C6H11F3O2. The van der Waals surface area contributed by atoms with E-state index in [4.69, 9.17) is 0 Å². The number of hydrogen-bond acceptors (Lipinski definition) is 2. The average Bonchev–Trinajstić information content (AvgIpc) is 1.83. The zero-order valence-corrected chi connectivity index (χ0v) is 6.44. The third-order valence-corrected chi connectivity index (χ3v) is 0.933. The molecule has 0 rings (SSSR count). The Hall–Kier alpha value is -0.290. The molecule has 5 heteroatoms. The van der Waals surface area contributed by atoms with Crippen LogP contribution in [-0.4, -0.2) is 32.6 Å². The van der Waals surface area contributed by atoms with Crippen molar-refractivity contribution in [2.24, 2.45) is 0 Å². The van der Waals surface area contributed by atoms with Gasteiger partial charge in [-0.15, -0.1) is 0 Å². The molecule has 0 aliphatic carbocycles. The molecular weight excluding hydrogens is 161 g/mol. The fourth-order valence-corrected chi connectivity index (χ4v) is 0.520. The largest absolute Gasteiger partial charge is 0.411 e. The first-order chi connectivity index (χ1) is 4.95. The van der Waals surface area contributed by atoms with Gasteiger partial charge in [-0.25, -0.2) is 0 Å². The van der Waals surface area contributed by atoms with Gasteiger partial charge in [-0.3, -0.25) is 0 Å². The average molecular weight is 172 g/mol. The van der Waals surface area contributed by atoms with Crippen LogP contribution in [0.15, 0.2) is 0 Å². The van der Waals surface area contributed by atoms with E-state index in [1.165, 1.54) is 14.0 Å². The first-order valence-corrected chi connectivity index (χ1v) is 3.13. The molecule has 0 saturated heterocycles. The van der Waals surface area contributed by atoms with Gasteiger partial charge < -0.3 is 9.47 Å². The van der Waals surface area contributed by atoms with Crippen molar-refractivity contribution in [3.63, 3.8) is 0 Å². The molecule has 1 unspecified atom stereocenters. The maximum atomic E-state index is 11.5. The van der Waals surface area contributed by atoms with Crippen LogP contribution in [0.5, 0.6) is 0 Å². The second-order valence-corrected chi connectivity index (χ2v) is 2.19. The smallest absolute Gasteiger partial charge is 0.382 e. The third kappa shape index (κ3) is 7.61. The van der Waals surface area contributed by atoms with Crippen LogP contribution >= 0.6 is 0 Å². The Bertz CT molecular complexity index is 102. The lowest BCUT2D eigenvalue weighted by Crippen LogP contribution is -2.24. The van der Waals surface area contributed by atoms with Gasteiger partial charge >= 0.3 is 6.18 Å². The molecule has 0 aromatic carbocycles. The number of ether oxygens (including phenoxy) is 2. The van der Waals surface area contributed by atoms with Crippen molar-refractivity contribution >= 4 is 0 Å². The Kier molecular flexibility index (Phi) is 4.44. The summed E-state index contributed by atoms with van der Waals surface area (Å²) in [5, 5.41) is 0. The summed E-state index contributed by atoms with van der Waals surface area (Å²) in [5.41, 5.74) is 0. The molecule has 0 N–H and O–H groups in total.